The number of para-hydroxylation sites is 1. The monoisotopic (exact) mass is 310 g/mol. The first-order valence-electron chi connectivity index (χ1n) is 7.90. The van der Waals surface area contributed by atoms with Gasteiger partial charge in [0.15, 0.2) is 0 Å². The summed E-state index contributed by atoms with van der Waals surface area (Å²) in [5, 5.41) is 3.03. The van der Waals surface area contributed by atoms with Crippen LogP contribution in [0.4, 0.5) is 10.5 Å². The molecule has 0 saturated carbocycles. The number of ether oxygens (including phenoxy) is 1. The van der Waals surface area contributed by atoms with E-state index in [1.165, 1.54) is 5.56 Å². The van der Waals surface area contributed by atoms with Crippen molar-refractivity contribution in [2.75, 3.05) is 12.0 Å². The van der Waals surface area contributed by atoms with Gasteiger partial charge >= 0.3 is 6.03 Å². The predicted octanol–water partition coefficient (Wildman–Crippen LogP) is 3.49. The highest BCUT2D eigenvalue weighted by atomic mass is 16.5. The Bertz CT molecular complexity index is 699. The van der Waals surface area contributed by atoms with Gasteiger partial charge in [0.2, 0.25) is 0 Å². The van der Waals surface area contributed by atoms with Crippen LogP contribution in [0.2, 0.25) is 0 Å². The Hall–Kier alpha value is -2.33. The number of hydrogen-bond acceptors (Lipinski definition) is 2. The highest BCUT2D eigenvalue weighted by Crippen LogP contribution is 2.31. The lowest BCUT2D eigenvalue weighted by atomic mass is 10.1. The van der Waals surface area contributed by atoms with Crippen LogP contribution in [0.5, 0.6) is 0 Å². The van der Waals surface area contributed by atoms with Crippen LogP contribution >= 0.6 is 0 Å². The highest BCUT2D eigenvalue weighted by Gasteiger charge is 2.30. The largest absolute Gasteiger partial charge is 0.380 e. The number of nitrogens with zero attached hydrogens (tertiary/aromatic N) is 1. The van der Waals surface area contributed by atoms with Crippen molar-refractivity contribution in [3.8, 4) is 0 Å². The minimum absolute atomic E-state index is 0.0420. The van der Waals surface area contributed by atoms with E-state index in [1.54, 1.807) is 7.11 Å². The van der Waals surface area contributed by atoms with E-state index < -0.39 is 0 Å². The third-order valence-electron chi connectivity index (χ3n) is 4.17. The lowest BCUT2D eigenvalue weighted by Crippen LogP contribution is -2.42. The second kappa shape index (κ2) is 6.84. The molecule has 1 aliphatic heterocycles. The zero-order valence-corrected chi connectivity index (χ0v) is 13.6. The van der Waals surface area contributed by atoms with Crippen molar-refractivity contribution in [1.82, 2.24) is 5.32 Å². The molecule has 4 nitrogen and oxygen atoms in total. The number of carbonyl (C=O) groups excluding carboxylic acids is 1. The molecule has 0 spiro atoms. The number of amides is 2. The van der Waals surface area contributed by atoms with Crippen molar-refractivity contribution in [2.24, 2.45) is 0 Å². The van der Waals surface area contributed by atoms with Crippen LogP contribution in [0.1, 0.15) is 23.6 Å². The number of methoxy groups -OCH3 is 1. The van der Waals surface area contributed by atoms with E-state index in [-0.39, 0.29) is 12.1 Å². The minimum atomic E-state index is -0.0420. The van der Waals surface area contributed by atoms with E-state index in [0.29, 0.717) is 13.2 Å². The fourth-order valence-electron chi connectivity index (χ4n) is 3.13. The van der Waals surface area contributed by atoms with Gasteiger partial charge in [-0.05, 0) is 36.1 Å². The zero-order chi connectivity index (χ0) is 16.2. The van der Waals surface area contributed by atoms with Crippen LogP contribution in [-0.4, -0.2) is 19.2 Å². The second-order valence-electron chi connectivity index (χ2n) is 5.96. The predicted molar refractivity (Wildman–Crippen MR) is 91.5 cm³/mol. The normalized spacial score (nSPS) is 16.3. The molecule has 2 aromatic carbocycles. The van der Waals surface area contributed by atoms with Crippen molar-refractivity contribution >= 4 is 11.7 Å². The van der Waals surface area contributed by atoms with Crippen LogP contribution in [-0.2, 0) is 24.3 Å². The summed E-state index contributed by atoms with van der Waals surface area (Å²) in [6, 6.07) is 16.3. The maximum absolute atomic E-state index is 12.6. The van der Waals surface area contributed by atoms with Crippen LogP contribution in [0.15, 0.2) is 48.5 Å². The minimum Gasteiger partial charge on any atom is -0.380 e. The van der Waals surface area contributed by atoms with Gasteiger partial charge in [0.05, 0.1) is 6.61 Å². The lowest BCUT2D eigenvalue weighted by molar-refractivity contribution is 0.185. The van der Waals surface area contributed by atoms with Gasteiger partial charge in [0.1, 0.15) is 0 Å². The summed E-state index contributed by atoms with van der Waals surface area (Å²) >= 11 is 0. The van der Waals surface area contributed by atoms with E-state index in [1.807, 2.05) is 41.3 Å². The van der Waals surface area contributed by atoms with Gasteiger partial charge < -0.3 is 10.1 Å². The van der Waals surface area contributed by atoms with E-state index in [0.717, 1.165) is 23.2 Å². The molecule has 0 bridgehead atoms. The van der Waals surface area contributed by atoms with Crippen molar-refractivity contribution in [2.45, 2.75) is 32.5 Å². The molecule has 1 unspecified atom stereocenters. The Kier molecular flexibility index (Phi) is 4.63. The fourth-order valence-corrected chi connectivity index (χ4v) is 3.13. The van der Waals surface area contributed by atoms with Gasteiger partial charge in [-0.25, -0.2) is 4.79 Å². The van der Waals surface area contributed by atoms with Gasteiger partial charge in [-0.2, -0.15) is 0 Å². The van der Waals surface area contributed by atoms with Crippen LogP contribution < -0.4 is 10.2 Å². The Labute approximate surface area is 137 Å². The number of hydrogen-bond donors (Lipinski definition) is 1. The van der Waals surface area contributed by atoms with Crippen molar-refractivity contribution in [3.63, 3.8) is 0 Å². The third kappa shape index (κ3) is 3.37. The molecule has 3 rings (SSSR count). The summed E-state index contributed by atoms with van der Waals surface area (Å²) in [5.41, 5.74) is 4.44. The van der Waals surface area contributed by atoms with E-state index in [2.05, 4.69) is 24.4 Å². The Balaban J connectivity index is 1.67. The fraction of sp³-hybridized carbons (Fsp3) is 0.316. The van der Waals surface area contributed by atoms with Crippen LogP contribution in [0.25, 0.3) is 0 Å². The molecular formula is C19H22N2O2. The number of fused-ring (bicyclic) bond motifs is 1. The van der Waals surface area contributed by atoms with Crippen LogP contribution in [0, 0.1) is 0 Å². The molecule has 1 heterocycles. The molecule has 1 aliphatic rings. The Morgan fingerprint density at radius 1 is 1.22 bits per heavy atom. The van der Waals surface area contributed by atoms with Crippen molar-refractivity contribution < 1.29 is 9.53 Å². The quantitative estimate of drug-likeness (QED) is 0.939. The molecule has 2 aromatic rings. The van der Waals surface area contributed by atoms with Gasteiger partial charge in [-0.1, -0.05) is 42.5 Å². The highest BCUT2D eigenvalue weighted by molar-refractivity contribution is 5.94. The number of urea groups is 1. The van der Waals surface area contributed by atoms with E-state index in [9.17, 15) is 4.79 Å². The summed E-state index contributed by atoms with van der Waals surface area (Å²) in [6.45, 7) is 3.18. The molecule has 1 atom stereocenters. The third-order valence-corrected chi connectivity index (χ3v) is 4.17. The molecule has 2 amide bonds. The van der Waals surface area contributed by atoms with Gasteiger partial charge in [-0.15, -0.1) is 0 Å². The molecule has 0 aliphatic carbocycles. The zero-order valence-electron chi connectivity index (χ0n) is 13.6. The molecule has 0 aromatic heterocycles. The SMILES string of the molecule is COCc1cccc(CNC(=O)N2c3ccccc3CC2C)c1. The maximum atomic E-state index is 12.6. The summed E-state index contributed by atoms with van der Waals surface area (Å²) in [6.07, 6.45) is 0.910. The number of nitrogens with one attached hydrogen (secondary N) is 1. The van der Waals surface area contributed by atoms with Gasteiger partial charge in [0.25, 0.3) is 0 Å². The summed E-state index contributed by atoms with van der Waals surface area (Å²) in [4.78, 5) is 14.4. The Morgan fingerprint density at radius 2 is 2.00 bits per heavy atom. The lowest BCUT2D eigenvalue weighted by Gasteiger charge is -2.23. The topological polar surface area (TPSA) is 41.6 Å². The number of benzene rings is 2. The summed E-state index contributed by atoms with van der Waals surface area (Å²) in [5.74, 6) is 0. The molecule has 23 heavy (non-hydrogen) atoms. The summed E-state index contributed by atoms with van der Waals surface area (Å²) in [7, 11) is 1.68. The Morgan fingerprint density at radius 3 is 2.83 bits per heavy atom. The maximum Gasteiger partial charge on any atom is 0.322 e. The number of rotatable bonds is 4. The molecule has 0 fully saturated rings. The van der Waals surface area contributed by atoms with Crippen molar-refractivity contribution in [3.05, 3.63) is 65.2 Å². The smallest absolute Gasteiger partial charge is 0.322 e. The molecule has 120 valence electrons. The van der Waals surface area contributed by atoms with Gasteiger partial charge in [-0.3, -0.25) is 4.90 Å². The summed E-state index contributed by atoms with van der Waals surface area (Å²) < 4.78 is 5.15. The average Bonchev–Trinajstić information content (AvgIpc) is 2.89. The standard InChI is InChI=1S/C19H22N2O2/c1-14-10-17-8-3-4-9-18(17)21(14)19(22)20-12-15-6-5-7-16(11-15)13-23-2/h3-9,11,14H,10,12-13H2,1-2H3,(H,20,22). The average molecular weight is 310 g/mol. The molecular weight excluding hydrogens is 288 g/mol. The number of carbonyl (C=O) groups is 1. The molecule has 1 N–H and O–H groups in total. The van der Waals surface area contributed by atoms with Crippen molar-refractivity contribution in [1.29, 1.82) is 0 Å². The first-order valence-corrected chi connectivity index (χ1v) is 7.90. The number of anilines is 1. The van der Waals surface area contributed by atoms with E-state index >= 15 is 0 Å². The van der Waals surface area contributed by atoms with Gasteiger partial charge in [0, 0.05) is 25.4 Å². The second-order valence-corrected chi connectivity index (χ2v) is 5.96. The first-order chi connectivity index (χ1) is 11.2. The van der Waals surface area contributed by atoms with Crippen LogP contribution in [0.3, 0.4) is 0 Å². The molecule has 4 heteroatoms. The molecule has 0 saturated heterocycles. The van der Waals surface area contributed by atoms with E-state index in [4.69, 9.17) is 4.74 Å². The first kappa shape index (κ1) is 15.6. The molecule has 0 radical (unpaired) electrons.